The third-order valence-corrected chi connectivity index (χ3v) is 8.68. The van der Waals surface area contributed by atoms with Crippen LogP contribution >= 0.6 is 23.5 Å². The van der Waals surface area contributed by atoms with Gasteiger partial charge in [-0.15, -0.1) is 11.8 Å². The van der Waals surface area contributed by atoms with Crippen LogP contribution in [0.15, 0.2) is 44.7 Å². The molecule has 0 saturated carbocycles. The lowest BCUT2D eigenvalue weighted by atomic mass is 9.88. The van der Waals surface area contributed by atoms with Gasteiger partial charge in [0.1, 0.15) is 11.8 Å². The molecule has 4 aliphatic rings. The van der Waals surface area contributed by atoms with Crippen LogP contribution < -0.4 is 5.32 Å². The number of benzene rings is 1. The molecule has 2 unspecified atom stereocenters. The molecule has 0 saturated heterocycles. The fourth-order valence-corrected chi connectivity index (χ4v) is 6.99. The lowest BCUT2D eigenvalue weighted by Gasteiger charge is -2.26. The van der Waals surface area contributed by atoms with Crippen molar-refractivity contribution in [2.45, 2.75) is 51.0 Å². The first-order chi connectivity index (χ1) is 16.6. The van der Waals surface area contributed by atoms with Crippen molar-refractivity contribution >= 4 is 52.2 Å². The van der Waals surface area contributed by atoms with Crippen LogP contribution in [0.3, 0.4) is 0 Å². The second kappa shape index (κ2) is 10.5. The minimum atomic E-state index is -0.468. The average Bonchev–Trinajstić information content (AvgIpc) is 3.22. The summed E-state index contributed by atoms with van der Waals surface area (Å²) in [6.45, 7) is -0.296. The van der Waals surface area contributed by atoms with E-state index >= 15 is 0 Å². The summed E-state index contributed by atoms with van der Waals surface area (Å²) in [6.07, 6.45) is 7.20. The van der Waals surface area contributed by atoms with Gasteiger partial charge < -0.3 is 10.1 Å². The predicted molar refractivity (Wildman–Crippen MR) is 135 cm³/mol. The second-order valence-corrected chi connectivity index (χ2v) is 11.0. The second-order valence-electron chi connectivity index (χ2n) is 8.87. The van der Waals surface area contributed by atoms with Crippen molar-refractivity contribution < 1.29 is 19.1 Å². The van der Waals surface area contributed by atoms with Crippen molar-refractivity contribution in [3.05, 3.63) is 45.9 Å². The Morgan fingerprint density at radius 3 is 2.88 bits per heavy atom. The van der Waals surface area contributed by atoms with Crippen molar-refractivity contribution in [3.8, 4) is 0 Å². The van der Waals surface area contributed by atoms with E-state index in [-0.39, 0.29) is 36.1 Å². The molecular weight excluding hydrogens is 470 g/mol. The van der Waals surface area contributed by atoms with Crippen molar-refractivity contribution in [3.63, 3.8) is 0 Å². The van der Waals surface area contributed by atoms with Crippen LogP contribution in [-0.2, 0) is 25.5 Å². The third kappa shape index (κ3) is 5.15. The molecule has 34 heavy (non-hydrogen) atoms. The summed E-state index contributed by atoms with van der Waals surface area (Å²) in [5.74, 6) is -0.289. The highest BCUT2D eigenvalue weighted by Crippen LogP contribution is 2.47. The Kier molecular flexibility index (Phi) is 7.20. The summed E-state index contributed by atoms with van der Waals surface area (Å²) >= 11 is 2.92. The first kappa shape index (κ1) is 23.4. The number of nitrogens with zero attached hydrogens (tertiary/aromatic N) is 2. The number of hydrogen-bond donors (Lipinski definition) is 1. The molecule has 2 heterocycles. The number of carbonyl (C=O) groups is 3. The number of allylic oxidation sites excluding steroid dienone is 1. The van der Waals surface area contributed by atoms with Gasteiger partial charge in [0.2, 0.25) is 0 Å². The molecule has 2 amide bonds. The summed E-state index contributed by atoms with van der Waals surface area (Å²) in [4.78, 5) is 47.1. The molecule has 0 fully saturated rings. The smallest absolute Gasteiger partial charge is 0.316 e. The standard InChI is InChI=1S/C25H27N3O4S2/c29-21(26-18-10-5-7-15-6-1-2-8-16(15)18)12-32-22(30)14-33-13-20-27-24(31)23-17-9-3-4-11-19(17)34-25(23)28-20/h1-2,6,8,18,23H,3-5,7,9-14H2,(H,26,29). The highest BCUT2D eigenvalue weighted by atomic mass is 32.2. The van der Waals surface area contributed by atoms with Gasteiger partial charge in [0.25, 0.3) is 11.8 Å². The summed E-state index contributed by atoms with van der Waals surface area (Å²) in [5, 5.41) is 3.82. The van der Waals surface area contributed by atoms with Crippen molar-refractivity contribution in [2.24, 2.45) is 15.9 Å². The Labute approximate surface area is 207 Å². The van der Waals surface area contributed by atoms with Crippen molar-refractivity contribution in [1.29, 1.82) is 0 Å². The Balaban J connectivity index is 1.05. The number of aryl methyl sites for hydroxylation is 1. The van der Waals surface area contributed by atoms with Crippen LogP contribution in [0.1, 0.15) is 55.7 Å². The molecule has 5 rings (SSSR count). The summed E-state index contributed by atoms with van der Waals surface area (Å²) < 4.78 is 5.15. The van der Waals surface area contributed by atoms with E-state index in [1.54, 1.807) is 11.8 Å². The fourth-order valence-electron chi connectivity index (χ4n) is 4.96. The number of nitrogens with one attached hydrogen (secondary N) is 1. The number of thioether (sulfide) groups is 2. The molecule has 0 spiro atoms. The van der Waals surface area contributed by atoms with Crippen LogP contribution in [0.25, 0.3) is 0 Å². The van der Waals surface area contributed by atoms with E-state index in [9.17, 15) is 14.4 Å². The van der Waals surface area contributed by atoms with Gasteiger partial charge in [-0.05, 0) is 66.6 Å². The fraction of sp³-hybridized carbons (Fsp3) is 0.480. The number of amides is 2. The van der Waals surface area contributed by atoms with E-state index in [0.29, 0.717) is 11.6 Å². The molecular formula is C25H27N3O4S2. The lowest BCUT2D eigenvalue weighted by Crippen LogP contribution is -2.34. The van der Waals surface area contributed by atoms with Gasteiger partial charge in [0, 0.05) is 0 Å². The van der Waals surface area contributed by atoms with E-state index in [0.717, 1.165) is 55.6 Å². The first-order valence-corrected chi connectivity index (χ1v) is 13.8. The third-order valence-electron chi connectivity index (χ3n) is 6.53. The Morgan fingerprint density at radius 1 is 1.12 bits per heavy atom. The van der Waals surface area contributed by atoms with Crippen LogP contribution in [-0.4, -0.2) is 46.8 Å². The molecule has 2 atom stereocenters. The van der Waals surface area contributed by atoms with E-state index in [1.807, 2.05) is 18.2 Å². The molecule has 1 aromatic carbocycles. The highest BCUT2D eigenvalue weighted by molar-refractivity contribution is 8.17. The molecule has 178 valence electrons. The maximum Gasteiger partial charge on any atom is 0.316 e. The summed E-state index contributed by atoms with van der Waals surface area (Å²) in [5.41, 5.74) is 3.62. The number of rotatable bonds is 7. The lowest BCUT2D eigenvalue weighted by molar-refractivity contribution is -0.146. The predicted octanol–water partition coefficient (Wildman–Crippen LogP) is 3.98. The maximum absolute atomic E-state index is 12.6. The SMILES string of the molecule is O=C(COC(=O)CSCC1=NC(=O)C2C(=N1)SC1=C2CCCC1)NC1CCCc2ccccc21. The molecule has 9 heteroatoms. The van der Waals surface area contributed by atoms with Crippen LogP contribution in [0.5, 0.6) is 0 Å². The van der Waals surface area contributed by atoms with Crippen LogP contribution in [0, 0.1) is 5.92 Å². The molecule has 7 nitrogen and oxygen atoms in total. The largest absolute Gasteiger partial charge is 0.455 e. The van der Waals surface area contributed by atoms with E-state index in [4.69, 9.17) is 4.74 Å². The Hall–Kier alpha value is -2.39. The number of aliphatic imine (C=N–C) groups is 2. The van der Waals surface area contributed by atoms with Gasteiger partial charge in [0.15, 0.2) is 6.61 Å². The first-order valence-electron chi connectivity index (χ1n) is 11.8. The van der Waals surface area contributed by atoms with Gasteiger partial charge in [-0.2, -0.15) is 4.99 Å². The van der Waals surface area contributed by atoms with Crippen LogP contribution in [0.4, 0.5) is 0 Å². The zero-order valence-corrected chi connectivity index (χ0v) is 20.5. The molecule has 0 bridgehead atoms. The summed E-state index contributed by atoms with van der Waals surface area (Å²) in [6, 6.07) is 8.09. The molecule has 2 aliphatic carbocycles. The quantitative estimate of drug-likeness (QED) is 0.572. The van der Waals surface area contributed by atoms with Crippen molar-refractivity contribution in [2.75, 3.05) is 18.1 Å². The molecule has 2 aliphatic heterocycles. The molecule has 0 radical (unpaired) electrons. The Bertz CT molecular complexity index is 1110. The zero-order chi connectivity index (χ0) is 23.5. The van der Waals surface area contributed by atoms with Gasteiger partial charge in [-0.25, -0.2) is 4.99 Å². The zero-order valence-electron chi connectivity index (χ0n) is 18.9. The van der Waals surface area contributed by atoms with E-state index in [2.05, 4.69) is 21.4 Å². The van der Waals surface area contributed by atoms with Gasteiger partial charge >= 0.3 is 5.97 Å². The normalized spacial score (nSPS) is 23.4. The van der Waals surface area contributed by atoms with E-state index in [1.165, 1.54) is 27.8 Å². The highest BCUT2D eigenvalue weighted by Gasteiger charge is 2.40. The monoisotopic (exact) mass is 497 g/mol. The van der Waals surface area contributed by atoms with Crippen LogP contribution in [0.2, 0.25) is 0 Å². The Morgan fingerprint density at radius 2 is 1.97 bits per heavy atom. The van der Waals surface area contributed by atoms with Gasteiger partial charge in [-0.1, -0.05) is 36.0 Å². The number of carbonyl (C=O) groups excluding carboxylic acids is 3. The minimum Gasteiger partial charge on any atom is -0.455 e. The molecule has 1 aromatic rings. The summed E-state index contributed by atoms with van der Waals surface area (Å²) in [7, 11) is 0. The topological polar surface area (TPSA) is 97.2 Å². The molecule has 1 N–H and O–H groups in total. The average molecular weight is 498 g/mol. The number of hydrogen-bond acceptors (Lipinski definition) is 7. The van der Waals surface area contributed by atoms with Crippen molar-refractivity contribution in [1.82, 2.24) is 5.32 Å². The number of fused-ring (bicyclic) bond motifs is 3. The number of esters is 1. The van der Waals surface area contributed by atoms with Gasteiger partial charge in [0.05, 0.1) is 22.6 Å². The number of amidine groups is 1. The maximum atomic E-state index is 12.6. The van der Waals surface area contributed by atoms with Gasteiger partial charge in [-0.3, -0.25) is 14.4 Å². The van der Waals surface area contributed by atoms with E-state index < -0.39 is 5.97 Å². The minimum absolute atomic E-state index is 0.0380. The molecule has 0 aromatic heterocycles. The number of ether oxygens (including phenoxy) is 1.